The Hall–Kier alpha value is -0.280. The van der Waals surface area contributed by atoms with Crippen LogP contribution >= 0.6 is 0 Å². The van der Waals surface area contributed by atoms with E-state index in [-0.39, 0.29) is 0 Å². The molecule has 0 bridgehead atoms. The molecule has 0 saturated heterocycles. The van der Waals surface area contributed by atoms with E-state index in [0.29, 0.717) is 0 Å². The molecular weight excluding hydrogens is 256 g/mol. The Morgan fingerprint density at radius 1 is 0.474 bits per heavy atom. The van der Waals surface area contributed by atoms with Gasteiger partial charge in [0.2, 0.25) is 0 Å². The zero-order valence-corrected chi connectivity index (χ0v) is 8.94. The van der Waals surface area contributed by atoms with Gasteiger partial charge in [0, 0.05) is 0 Å². The van der Waals surface area contributed by atoms with Crippen LogP contribution in [0.4, 0.5) is 0 Å². The van der Waals surface area contributed by atoms with Crippen LogP contribution in [0.15, 0.2) is 0 Å². The third-order valence-corrected chi connectivity index (χ3v) is 0.768. The van der Waals surface area contributed by atoms with Gasteiger partial charge in [-0.25, -0.2) is 0 Å². The lowest BCUT2D eigenvalue weighted by Gasteiger charge is -2.07. The summed E-state index contributed by atoms with van der Waals surface area (Å²) >= 11 is 0. The van der Waals surface area contributed by atoms with Gasteiger partial charge in [0.1, 0.15) is 0 Å². The Bertz CT molecular complexity index is 891. The molecule has 2 N–H and O–H groups in total. The fraction of sp³-hybridized carbons (Fsp3) is 1.00. The molecule has 0 aromatic carbocycles. The molecule has 0 amide bonds. The van der Waals surface area contributed by atoms with Gasteiger partial charge in [-0.15, -0.1) is 0 Å². The van der Waals surface area contributed by atoms with Crippen LogP contribution < -0.4 is 0 Å². The number of ether oxygens (including phenoxy) is 5. The normalized spacial score (nSPS) is 38.8. The summed E-state index contributed by atoms with van der Waals surface area (Å²) in [5, 5.41) is 18.2. The van der Waals surface area contributed by atoms with Crippen LogP contribution in [0.25, 0.3) is 0 Å². The lowest BCUT2D eigenvalue weighted by molar-refractivity contribution is -0.0151. The highest BCUT2D eigenvalue weighted by Crippen LogP contribution is 1.83. The number of hydrogen-bond donors (Lipinski definition) is 2. The summed E-state index contributed by atoms with van der Waals surface area (Å²) in [5.41, 5.74) is 0. The molecule has 0 aromatic rings. The van der Waals surface area contributed by atoms with Crippen LogP contribution in [-0.2, 0) is 23.7 Å². The van der Waals surface area contributed by atoms with Crippen molar-refractivity contribution in [2.75, 3.05) is 78.7 Å². The molecule has 0 aliphatic heterocycles. The van der Waals surface area contributed by atoms with Crippen molar-refractivity contribution in [1.82, 2.24) is 0 Å². The van der Waals surface area contributed by atoms with Crippen molar-refractivity contribution < 1.29 is 66.8 Å². The maximum Gasteiger partial charge on any atom is 0.0701 e. The highest BCUT2D eigenvalue weighted by Gasteiger charge is 1.92. The summed E-state index contributed by atoms with van der Waals surface area (Å²) in [5.74, 6) is 0. The molecule has 0 aliphatic carbocycles. The van der Waals surface area contributed by atoms with Crippen LogP contribution in [0.1, 0.15) is 32.9 Å². The zero-order valence-electron chi connectivity index (χ0n) is 32.9. The number of hydrogen-bond acceptors (Lipinski definition) is 7. The Balaban J connectivity index is 6.19. The molecule has 0 rings (SSSR count). The van der Waals surface area contributed by atoms with Gasteiger partial charge >= 0.3 is 0 Å². The molecule has 0 saturated carbocycles. The Kier molecular flexibility index (Phi) is 3.15. The Morgan fingerprint density at radius 3 is 0.895 bits per heavy atom. The molecule has 7 heteroatoms. The monoisotopic (exact) mass is 306 g/mol. The largest absolute Gasteiger partial charge is 0.394 e. The van der Waals surface area contributed by atoms with E-state index >= 15 is 0 Å². The molecule has 0 atom stereocenters. The predicted octanol–water partition coefficient (Wildman–Crippen LogP) is -0.946. The van der Waals surface area contributed by atoms with Crippen LogP contribution in [0.3, 0.4) is 0 Å². The quantitative estimate of drug-likeness (QED) is 0.380. The second kappa shape index (κ2) is 17.7. The SMILES string of the molecule is [2H]C([2H])(O)C([2H])([2H])OC([2H])([2H])C([2H])([2H])OC([2H])([2H])C([2H])([2H])OC([2H])([2H])C([2H])([2H])OC([2H])([2H])C([2H])([2H])OC([2H])([2H])C([2H])([2H])O. The maximum absolute atomic E-state index is 9.12. The minimum Gasteiger partial charge on any atom is -0.394 e. The van der Waals surface area contributed by atoms with E-state index in [1.54, 1.807) is 0 Å². The van der Waals surface area contributed by atoms with Crippen molar-refractivity contribution >= 4 is 0 Å². The van der Waals surface area contributed by atoms with Gasteiger partial charge in [-0.2, -0.15) is 0 Å². The van der Waals surface area contributed by atoms with Crippen molar-refractivity contribution in [3.63, 3.8) is 0 Å². The predicted molar refractivity (Wildman–Crippen MR) is 68.3 cm³/mol. The summed E-state index contributed by atoms with van der Waals surface area (Å²) < 4.78 is 197. The Labute approximate surface area is 148 Å². The summed E-state index contributed by atoms with van der Waals surface area (Å²) in [4.78, 5) is 0. The van der Waals surface area contributed by atoms with Crippen LogP contribution in [-0.4, -0.2) is 88.9 Å². The third kappa shape index (κ3) is 17.7. The summed E-state index contributed by atoms with van der Waals surface area (Å²) in [6.45, 7) is -51.0. The highest BCUT2D eigenvalue weighted by atomic mass is 16.6. The van der Waals surface area contributed by atoms with Gasteiger partial charge in [0.25, 0.3) is 0 Å². The molecule has 116 valence electrons. The van der Waals surface area contributed by atoms with Crippen LogP contribution in [0.2, 0.25) is 0 Å². The van der Waals surface area contributed by atoms with Crippen molar-refractivity contribution in [3.05, 3.63) is 0 Å². The molecular formula is C12H26O7. The summed E-state index contributed by atoms with van der Waals surface area (Å²) in [7, 11) is 0. The van der Waals surface area contributed by atoms with Crippen LogP contribution in [0.5, 0.6) is 0 Å². The fourth-order valence-electron chi connectivity index (χ4n) is 0.340. The van der Waals surface area contributed by atoms with Gasteiger partial charge in [-0.3, -0.25) is 0 Å². The Morgan fingerprint density at radius 2 is 0.684 bits per heavy atom. The minimum absolute atomic E-state index is 3.91. The van der Waals surface area contributed by atoms with E-state index in [4.69, 9.17) is 43.1 Å². The van der Waals surface area contributed by atoms with Gasteiger partial charge in [0.15, 0.2) is 0 Å². The number of rotatable bonds is 16. The molecule has 7 nitrogen and oxygen atoms in total. The van der Waals surface area contributed by atoms with E-state index < -0.39 is 78.7 Å². The minimum atomic E-state index is -4.45. The molecule has 0 aromatic heterocycles. The topological polar surface area (TPSA) is 86.6 Å². The van der Waals surface area contributed by atoms with Gasteiger partial charge in [-0.1, -0.05) is 0 Å². The first-order chi connectivity index (χ1) is 18.0. The van der Waals surface area contributed by atoms with E-state index in [1.807, 2.05) is 0 Å². The first-order valence-corrected chi connectivity index (χ1v) is 3.99. The molecule has 0 fully saturated rings. The van der Waals surface area contributed by atoms with Crippen molar-refractivity contribution in [3.8, 4) is 0 Å². The van der Waals surface area contributed by atoms with Crippen LogP contribution in [0, 0.1) is 0 Å². The first kappa shape index (κ1) is 3.38. The van der Waals surface area contributed by atoms with E-state index in [0.717, 1.165) is 0 Å². The lowest BCUT2D eigenvalue weighted by atomic mass is 10.7. The molecule has 0 radical (unpaired) electrons. The van der Waals surface area contributed by atoms with E-state index in [1.165, 1.54) is 0 Å². The third-order valence-electron chi connectivity index (χ3n) is 0.768. The van der Waals surface area contributed by atoms with Gasteiger partial charge < -0.3 is 33.9 Å². The van der Waals surface area contributed by atoms with Gasteiger partial charge in [0.05, 0.1) is 112 Å². The lowest BCUT2D eigenvalue weighted by Crippen LogP contribution is -2.14. The standard InChI is InChI=1S/C12H26O7/c13-1-3-15-5-7-17-9-11-19-12-10-18-8-6-16-4-2-14/h13-14H,1-12H2/i1D2,2D2,3D2,4D2,5D2,6D2,7D2,8D2,9D2,10D2,11D2,12D2. The van der Waals surface area contributed by atoms with Crippen molar-refractivity contribution in [1.29, 1.82) is 0 Å². The molecule has 0 heterocycles. The highest BCUT2D eigenvalue weighted by molar-refractivity contribution is 4.35. The average molecular weight is 306 g/mol. The average Bonchev–Trinajstić information content (AvgIpc) is 2.61. The molecule has 0 unspecified atom stereocenters. The molecule has 0 spiro atoms. The second-order valence-electron chi connectivity index (χ2n) is 1.75. The number of aliphatic hydroxyl groups is 2. The zero-order chi connectivity index (χ0) is 35.5. The molecule has 19 heavy (non-hydrogen) atoms. The van der Waals surface area contributed by atoms with Crippen molar-refractivity contribution in [2.45, 2.75) is 0 Å². The van der Waals surface area contributed by atoms with Crippen molar-refractivity contribution in [2.24, 2.45) is 0 Å². The summed E-state index contributed by atoms with van der Waals surface area (Å²) in [6.07, 6.45) is 0. The fourth-order valence-corrected chi connectivity index (χ4v) is 0.340. The first-order valence-electron chi connectivity index (χ1n) is 16.0. The van der Waals surface area contributed by atoms with Gasteiger partial charge in [-0.05, 0) is 0 Å². The second-order valence-corrected chi connectivity index (χ2v) is 1.75. The smallest absolute Gasteiger partial charge is 0.0701 e. The van der Waals surface area contributed by atoms with E-state index in [2.05, 4.69) is 23.7 Å². The molecule has 0 aliphatic rings. The summed E-state index contributed by atoms with van der Waals surface area (Å²) in [6, 6.07) is 0. The maximum atomic E-state index is 9.12. The van der Waals surface area contributed by atoms with E-state index in [9.17, 15) is 0 Å².